The summed E-state index contributed by atoms with van der Waals surface area (Å²) in [6, 6.07) is 9.46. The van der Waals surface area contributed by atoms with Gasteiger partial charge in [-0.1, -0.05) is 29.8 Å². The van der Waals surface area contributed by atoms with Crippen molar-refractivity contribution in [2.24, 2.45) is 5.73 Å². The molecule has 0 bridgehead atoms. The first-order valence-electron chi connectivity index (χ1n) is 7.77. The van der Waals surface area contributed by atoms with Crippen molar-refractivity contribution in [3.8, 4) is 0 Å². The van der Waals surface area contributed by atoms with Crippen molar-refractivity contribution in [3.63, 3.8) is 0 Å². The number of nitrogens with two attached hydrogens (primary N) is 1. The third-order valence-corrected chi connectivity index (χ3v) is 4.52. The second-order valence-corrected chi connectivity index (χ2v) is 6.34. The lowest BCUT2D eigenvalue weighted by Crippen LogP contribution is -2.45. The monoisotopic (exact) mass is 275 g/mol. The Morgan fingerprint density at radius 1 is 1.35 bits per heavy atom. The molecule has 0 amide bonds. The van der Waals surface area contributed by atoms with E-state index in [4.69, 9.17) is 5.73 Å². The molecule has 2 rings (SSSR count). The van der Waals surface area contributed by atoms with Crippen LogP contribution in [0.2, 0.25) is 0 Å². The summed E-state index contributed by atoms with van der Waals surface area (Å²) in [6.45, 7) is 5.62. The molecule has 1 heterocycles. The molecule has 0 aromatic heterocycles. The fraction of sp³-hybridized carbons (Fsp3) is 0.647. The van der Waals surface area contributed by atoms with Gasteiger partial charge < -0.3 is 15.5 Å². The van der Waals surface area contributed by atoms with Crippen LogP contribution in [0.1, 0.15) is 36.4 Å². The predicted octanol–water partition coefficient (Wildman–Crippen LogP) is 2.41. The van der Waals surface area contributed by atoms with E-state index in [0.29, 0.717) is 6.04 Å². The summed E-state index contributed by atoms with van der Waals surface area (Å²) < 4.78 is 0. The Labute approximate surface area is 123 Å². The minimum absolute atomic E-state index is 0.152. The highest BCUT2D eigenvalue weighted by Crippen LogP contribution is 2.18. The summed E-state index contributed by atoms with van der Waals surface area (Å²) in [6.07, 6.45) is 3.66. The number of likely N-dealkylation sites (N-methyl/N-ethyl adjacent to an activating group) is 2. The van der Waals surface area contributed by atoms with Crippen LogP contribution < -0.4 is 5.73 Å². The van der Waals surface area contributed by atoms with Crippen molar-refractivity contribution in [1.82, 2.24) is 9.80 Å². The molecular weight excluding hydrogens is 246 g/mol. The number of piperidine rings is 1. The van der Waals surface area contributed by atoms with Gasteiger partial charge in [-0.3, -0.25) is 0 Å². The quantitative estimate of drug-likeness (QED) is 0.895. The Bertz CT molecular complexity index is 401. The number of rotatable bonds is 5. The van der Waals surface area contributed by atoms with Gasteiger partial charge >= 0.3 is 0 Å². The van der Waals surface area contributed by atoms with Gasteiger partial charge in [0.1, 0.15) is 0 Å². The van der Waals surface area contributed by atoms with E-state index in [-0.39, 0.29) is 6.04 Å². The van der Waals surface area contributed by atoms with E-state index in [1.54, 1.807) is 0 Å². The fourth-order valence-electron chi connectivity index (χ4n) is 3.00. The van der Waals surface area contributed by atoms with Crippen LogP contribution in [0.5, 0.6) is 0 Å². The van der Waals surface area contributed by atoms with E-state index in [1.165, 1.54) is 37.1 Å². The van der Waals surface area contributed by atoms with Gasteiger partial charge in [0.15, 0.2) is 0 Å². The van der Waals surface area contributed by atoms with Crippen LogP contribution in [0.15, 0.2) is 24.3 Å². The molecule has 3 nitrogen and oxygen atoms in total. The summed E-state index contributed by atoms with van der Waals surface area (Å²) in [5, 5.41) is 0. The third-order valence-electron chi connectivity index (χ3n) is 4.52. The molecule has 1 aromatic rings. The molecule has 3 heteroatoms. The van der Waals surface area contributed by atoms with Crippen LogP contribution in [0, 0.1) is 6.92 Å². The topological polar surface area (TPSA) is 32.5 Å². The molecule has 1 aliphatic rings. The lowest BCUT2D eigenvalue weighted by atomic mass is 10.0. The van der Waals surface area contributed by atoms with E-state index in [9.17, 15) is 0 Å². The number of nitrogens with zero attached hydrogens (tertiary/aromatic N) is 2. The molecule has 0 spiro atoms. The van der Waals surface area contributed by atoms with E-state index < -0.39 is 0 Å². The molecule has 20 heavy (non-hydrogen) atoms. The van der Waals surface area contributed by atoms with E-state index in [0.717, 1.165) is 13.0 Å². The van der Waals surface area contributed by atoms with Crippen molar-refractivity contribution < 1.29 is 0 Å². The summed E-state index contributed by atoms with van der Waals surface area (Å²) in [5.41, 5.74) is 8.86. The summed E-state index contributed by atoms with van der Waals surface area (Å²) in [4.78, 5) is 4.92. The zero-order chi connectivity index (χ0) is 14.5. The summed E-state index contributed by atoms with van der Waals surface area (Å²) >= 11 is 0. The molecular formula is C17H29N3. The normalized spacial score (nSPS) is 22.1. The van der Waals surface area contributed by atoms with Gasteiger partial charge in [0.2, 0.25) is 0 Å². The Balaban J connectivity index is 1.80. The molecule has 1 aromatic carbocycles. The van der Waals surface area contributed by atoms with Crippen LogP contribution in [-0.4, -0.2) is 49.6 Å². The predicted molar refractivity (Wildman–Crippen MR) is 85.9 cm³/mol. The highest BCUT2D eigenvalue weighted by atomic mass is 15.2. The highest BCUT2D eigenvalue weighted by molar-refractivity contribution is 5.23. The van der Waals surface area contributed by atoms with Crippen LogP contribution in [0.25, 0.3) is 0 Å². The zero-order valence-corrected chi connectivity index (χ0v) is 13.2. The van der Waals surface area contributed by atoms with Gasteiger partial charge in [0.25, 0.3) is 0 Å². The minimum Gasteiger partial charge on any atom is -0.324 e. The van der Waals surface area contributed by atoms with E-state index in [1.807, 2.05) is 0 Å². The number of aryl methyl sites for hydroxylation is 1. The first-order chi connectivity index (χ1) is 9.56. The molecule has 2 unspecified atom stereocenters. The van der Waals surface area contributed by atoms with Crippen LogP contribution in [0.4, 0.5) is 0 Å². The average Bonchev–Trinajstić information content (AvgIpc) is 2.45. The molecule has 1 aliphatic heterocycles. The molecule has 112 valence electrons. The van der Waals surface area contributed by atoms with Crippen molar-refractivity contribution in [2.75, 3.05) is 33.7 Å². The van der Waals surface area contributed by atoms with Crippen molar-refractivity contribution in [3.05, 3.63) is 35.4 Å². The Kier molecular flexibility index (Phi) is 5.58. The molecule has 0 aliphatic carbocycles. The van der Waals surface area contributed by atoms with E-state index in [2.05, 4.69) is 55.1 Å². The van der Waals surface area contributed by atoms with Gasteiger partial charge in [0.05, 0.1) is 0 Å². The lowest BCUT2D eigenvalue weighted by Gasteiger charge is -2.36. The first-order valence-corrected chi connectivity index (χ1v) is 7.77. The number of likely N-dealkylation sites (tertiary alicyclic amines) is 1. The smallest absolute Gasteiger partial charge is 0.0307 e. The standard InChI is InChI=1S/C17H29N3/c1-14-6-8-15(9-7-14)17(18)10-12-20(3)16-5-4-11-19(2)13-16/h6-9,16-17H,4-5,10-13,18H2,1-3H3. The lowest BCUT2D eigenvalue weighted by molar-refractivity contribution is 0.132. The van der Waals surface area contributed by atoms with Crippen LogP contribution >= 0.6 is 0 Å². The third kappa shape index (κ3) is 4.30. The molecule has 2 atom stereocenters. The Hall–Kier alpha value is -0.900. The maximum atomic E-state index is 6.31. The van der Waals surface area contributed by atoms with Gasteiger partial charge in [0, 0.05) is 18.6 Å². The second kappa shape index (κ2) is 7.21. The number of hydrogen-bond donors (Lipinski definition) is 1. The summed E-state index contributed by atoms with van der Waals surface area (Å²) in [7, 11) is 4.46. The molecule has 1 fully saturated rings. The van der Waals surface area contributed by atoms with Gasteiger partial charge in [-0.15, -0.1) is 0 Å². The van der Waals surface area contributed by atoms with Gasteiger partial charge in [-0.05, 0) is 58.9 Å². The SMILES string of the molecule is Cc1ccc(C(N)CCN(C)C2CCCN(C)C2)cc1. The summed E-state index contributed by atoms with van der Waals surface area (Å²) in [5.74, 6) is 0. The van der Waals surface area contributed by atoms with Crippen LogP contribution in [0.3, 0.4) is 0 Å². The number of hydrogen-bond acceptors (Lipinski definition) is 3. The maximum absolute atomic E-state index is 6.31. The van der Waals surface area contributed by atoms with Crippen molar-refractivity contribution >= 4 is 0 Å². The highest BCUT2D eigenvalue weighted by Gasteiger charge is 2.21. The Morgan fingerprint density at radius 3 is 2.70 bits per heavy atom. The minimum atomic E-state index is 0.152. The van der Waals surface area contributed by atoms with Gasteiger partial charge in [-0.25, -0.2) is 0 Å². The van der Waals surface area contributed by atoms with E-state index >= 15 is 0 Å². The largest absolute Gasteiger partial charge is 0.324 e. The molecule has 0 saturated carbocycles. The van der Waals surface area contributed by atoms with Gasteiger partial charge in [-0.2, -0.15) is 0 Å². The average molecular weight is 275 g/mol. The zero-order valence-electron chi connectivity index (χ0n) is 13.2. The second-order valence-electron chi connectivity index (χ2n) is 6.34. The van der Waals surface area contributed by atoms with Crippen molar-refractivity contribution in [2.45, 2.75) is 38.3 Å². The van der Waals surface area contributed by atoms with Crippen LogP contribution in [-0.2, 0) is 0 Å². The van der Waals surface area contributed by atoms with Crippen molar-refractivity contribution in [1.29, 1.82) is 0 Å². The molecule has 0 radical (unpaired) electrons. The maximum Gasteiger partial charge on any atom is 0.0307 e. The molecule has 2 N–H and O–H groups in total. The number of benzene rings is 1. The molecule has 1 saturated heterocycles. The Morgan fingerprint density at radius 2 is 2.05 bits per heavy atom. The first kappa shape index (κ1) is 15.5. The fourth-order valence-corrected chi connectivity index (χ4v) is 3.00.